The second-order valence-electron chi connectivity index (χ2n) is 4.71. The Morgan fingerprint density at radius 2 is 2.20 bits per heavy atom. The lowest BCUT2D eigenvalue weighted by Crippen LogP contribution is -2.16. The number of hydrogen-bond acceptors (Lipinski definition) is 4. The summed E-state index contributed by atoms with van der Waals surface area (Å²) in [7, 11) is 1.66. The molecule has 2 aromatic heterocycles. The average Bonchev–Trinajstić information content (AvgIpc) is 3.12. The maximum absolute atomic E-state index is 5.87. The molecule has 3 rings (SSSR count). The van der Waals surface area contributed by atoms with Crippen LogP contribution in [0.1, 0.15) is 23.6 Å². The van der Waals surface area contributed by atoms with Crippen LogP contribution in [0.3, 0.4) is 0 Å². The summed E-state index contributed by atoms with van der Waals surface area (Å²) in [5.74, 6) is 1.70. The minimum atomic E-state index is 0.324. The van der Waals surface area contributed by atoms with Gasteiger partial charge in [-0.1, -0.05) is 18.2 Å². The molecule has 0 aliphatic heterocycles. The predicted molar refractivity (Wildman–Crippen MR) is 82.3 cm³/mol. The number of fused-ring (bicyclic) bond motifs is 1. The second kappa shape index (κ2) is 5.69. The van der Waals surface area contributed by atoms with Gasteiger partial charge in [0, 0.05) is 16.3 Å². The maximum Gasteiger partial charge on any atom is 0.176 e. The van der Waals surface area contributed by atoms with Gasteiger partial charge in [-0.2, -0.15) is 0 Å². The molecule has 3 nitrogen and oxygen atoms in total. The lowest BCUT2D eigenvalue weighted by Gasteiger charge is -2.10. The standard InChI is InChI=1S/C16H17NO2S/c1-11(15-7-4-8-20-15)17-10-13-9-12-5-3-6-14(18-2)16(12)19-13/h3-9,11,17H,10H2,1-2H3. The van der Waals surface area contributed by atoms with Crippen molar-refractivity contribution in [2.24, 2.45) is 0 Å². The molecule has 20 heavy (non-hydrogen) atoms. The Bertz CT molecular complexity index is 688. The second-order valence-corrected chi connectivity index (χ2v) is 5.69. The van der Waals surface area contributed by atoms with Gasteiger partial charge in [0.15, 0.2) is 11.3 Å². The molecule has 1 atom stereocenters. The van der Waals surface area contributed by atoms with E-state index in [9.17, 15) is 0 Å². The first kappa shape index (κ1) is 13.2. The van der Waals surface area contributed by atoms with E-state index in [2.05, 4.69) is 35.8 Å². The molecule has 4 heteroatoms. The molecule has 104 valence electrons. The Balaban J connectivity index is 1.75. The molecule has 3 aromatic rings. The molecule has 0 spiro atoms. The zero-order valence-electron chi connectivity index (χ0n) is 11.6. The molecule has 0 radical (unpaired) electrons. The first-order valence-corrected chi connectivity index (χ1v) is 7.48. The summed E-state index contributed by atoms with van der Waals surface area (Å²) in [5.41, 5.74) is 0.815. The molecule has 0 aliphatic rings. The summed E-state index contributed by atoms with van der Waals surface area (Å²) in [6, 6.07) is 12.5. The molecule has 0 amide bonds. The third-order valence-electron chi connectivity index (χ3n) is 3.33. The maximum atomic E-state index is 5.87. The van der Waals surface area contributed by atoms with E-state index in [0.717, 1.165) is 22.5 Å². The largest absolute Gasteiger partial charge is 0.493 e. The third kappa shape index (κ3) is 2.57. The van der Waals surface area contributed by atoms with Crippen molar-refractivity contribution in [1.82, 2.24) is 5.32 Å². The molecule has 1 N–H and O–H groups in total. The van der Waals surface area contributed by atoms with Crippen molar-refractivity contribution in [3.63, 3.8) is 0 Å². The van der Waals surface area contributed by atoms with Crippen molar-refractivity contribution in [2.45, 2.75) is 19.5 Å². The zero-order chi connectivity index (χ0) is 13.9. The number of furan rings is 1. The third-order valence-corrected chi connectivity index (χ3v) is 4.39. The van der Waals surface area contributed by atoms with E-state index in [0.29, 0.717) is 12.6 Å². The van der Waals surface area contributed by atoms with Gasteiger partial charge < -0.3 is 14.5 Å². The molecule has 0 saturated carbocycles. The molecule has 0 saturated heterocycles. The normalized spacial score (nSPS) is 12.7. The highest BCUT2D eigenvalue weighted by molar-refractivity contribution is 7.10. The van der Waals surface area contributed by atoms with Gasteiger partial charge in [-0.05, 0) is 30.5 Å². The van der Waals surface area contributed by atoms with Crippen molar-refractivity contribution in [3.8, 4) is 5.75 Å². The molecule has 2 heterocycles. The van der Waals surface area contributed by atoms with E-state index < -0.39 is 0 Å². The first-order chi connectivity index (χ1) is 9.78. The van der Waals surface area contributed by atoms with Crippen molar-refractivity contribution in [3.05, 3.63) is 52.4 Å². The number of benzene rings is 1. The van der Waals surface area contributed by atoms with Crippen LogP contribution in [0.15, 0.2) is 46.2 Å². The molecule has 1 aromatic carbocycles. The SMILES string of the molecule is COc1cccc2cc(CNC(C)c3cccs3)oc12. The van der Waals surface area contributed by atoms with Crippen LogP contribution in [-0.4, -0.2) is 7.11 Å². The van der Waals surface area contributed by atoms with Gasteiger partial charge in [-0.25, -0.2) is 0 Å². The molecule has 0 bridgehead atoms. The van der Waals surface area contributed by atoms with Crippen LogP contribution >= 0.6 is 11.3 Å². The summed E-state index contributed by atoms with van der Waals surface area (Å²) in [6.45, 7) is 2.87. The van der Waals surface area contributed by atoms with Gasteiger partial charge in [-0.3, -0.25) is 0 Å². The molecule has 0 fully saturated rings. The Kier molecular flexibility index (Phi) is 3.76. The minimum Gasteiger partial charge on any atom is -0.493 e. The van der Waals surface area contributed by atoms with E-state index in [-0.39, 0.29) is 0 Å². The Labute approximate surface area is 122 Å². The summed E-state index contributed by atoms with van der Waals surface area (Å²) >= 11 is 1.76. The molecular formula is C16H17NO2S. The molecule has 1 unspecified atom stereocenters. The van der Waals surface area contributed by atoms with E-state index in [1.54, 1.807) is 18.4 Å². The van der Waals surface area contributed by atoms with Crippen LogP contribution in [0.4, 0.5) is 0 Å². The highest BCUT2D eigenvalue weighted by Gasteiger charge is 2.10. The minimum absolute atomic E-state index is 0.324. The smallest absolute Gasteiger partial charge is 0.176 e. The fourth-order valence-electron chi connectivity index (χ4n) is 2.23. The number of ether oxygens (including phenoxy) is 1. The Morgan fingerprint density at radius 1 is 1.30 bits per heavy atom. The van der Waals surface area contributed by atoms with E-state index >= 15 is 0 Å². The summed E-state index contributed by atoms with van der Waals surface area (Å²) in [4.78, 5) is 1.33. The molecular weight excluding hydrogens is 270 g/mol. The first-order valence-electron chi connectivity index (χ1n) is 6.60. The monoisotopic (exact) mass is 287 g/mol. The van der Waals surface area contributed by atoms with Crippen LogP contribution < -0.4 is 10.1 Å². The highest BCUT2D eigenvalue weighted by Crippen LogP contribution is 2.28. The highest BCUT2D eigenvalue weighted by atomic mass is 32.1. The van der Waals surface area contributed by atoms with Gasteiger partial charge >= 0.3 is 0 Å². The fourth-order valence-corrected chi connectivity index (χ4v) is 2.99. The van der Waals surface area contributed by atoms with Gasteiger partial charge in [-0.15, -0.1) is 11.3 Å². The van der Waals surface area contributed by atoms with E-state index in [4.69, 9.17) is 9.15 Å². The Hall–Kier alpha value is -1.78. The van der Waals surface area contributed by atoms with Gasteiger partial charge in [0.25, 0.3) is 0 Å². The average molecular weight is 287 g/mol. The number of rotatable bonds is 5. The summed E-state index contributed by atoms with van der Waals surface area (Å²) < 4.78 is 11.2. The van der Waals surface area contributed by atoms with Gasteiger partial charge in [0.1, 0.15) is 5.76 Å². The van der Waals surface area contributed by atoms with Crippen LogP contribution in [0, 0.1) is 0 Å². The topological polar surface area (TPSA) is 34.4 Å². The van der Waals surface area contributed by atoms with Crippen molar-refractivity contribution < 1.29 is 9.15 Å². The summed E-state index contributed by atoms with van der Waals surface area (Å²) in [5, 5.41) is 6.65. The van der Waals surface area contributed by atoms with Crippen molar-refractivity contribution in [1.29, 1.82) is 0 Å². The van der Waals surface area contributed by atoms with Crippen LogP contribution in [0.2, 0.25) is 0 Å². The van der Waals surface area contributed by atoms with Crippen LogP contribution in [-0.2, 0) is 6.54 Å². The predicted octanol–water partition coefficient (Wildman–Crippen LogP) is 4.35. The van der Waals surface area contributed by atoms with Gasteiger partial charge in [0.05, 0.1) is 13.7 Å². The van der Waals surface area contributed by atoms with Crippen LogP contribution in [0.5, 0.6) is 5.75 Å². The van der Waals surface area contributed by atoms with Crippen molar-refractivity contribution >= 4 is 22.3 Å². The fraction of sp³-hybridized carbons (Fsp3) is 0.250. The summed E-state index contributed by atoms with van der Waals surface area (Å²) in [6.07, 6.45) is 0. The number of hydrogen-bond donors (Lipinski definition) is 1. The zero-order valence-corrected chi connectivity index (χ0v) is 12.4. The number of nitrogens with one attached hydrogen (secondary N) is 1. The molecule has 0 aliphatic carbocycles. The van der Waals surface area contributed by atoms with Crippen molar-refractivity contribution in [2.75, 3.05) is 7.11 Å². The van der Waals surface area contributed by atoms with Crippen LogP contribution in [0.25, 0.3) is 11.0 Å². The number of para-hydroxylation sites is 1. The Morgan fingerprint density at radius 3 is 2.95 bits per heavy atom. The van der Waals surface area contributed by atoms with E-state index in [1.165, 1.54) is 4.88 Å². The lowest BCUT2D eigenvalue weighted by atomic mass is 10.2. The van der Waals surface area contributed by atoms with Gasteiger partial charge in [0.2, 0.25) is 0 Å². The lowest BCUT2D eigenvalue weighted by molar-refractivity contribution is 0.405. The number of thiophene rings is 1. The quantitative estimate of drug-likeness (QED) is 0.757. The number of methoxy groups -OCH3 is 1. The van der Waals surface area contributed by atoms with E-state index in [1.807, 2.05) is 18.2 Å².